The molecule has 0 spiro atoms. The number of carbonyl (C=O) groups excluding carboxylic acids is 1. The molecule has 3 aromatic carbocycles. The Morgan fingerprint density at radius 1 is 0.806 bits per heavy atom. The van der Waals surface area contributed by atoms with E-state index in [1.165, 1.54) is 0 Å². The van der Waals surface area contributed by atoms with Crippen LogP contribution in [0, 0.1) is 0 Å². The van der Waals surface area contributed by atoms with Crippen LogP contribution < -0.4 is 9.47 Å². The summed E-state index contributed by atoms with van der Waals surface area (Å²) >= 11 is 0. The maximum Gasteiger partial charge on any atom is 0.338 e. The summed E-state index contributed by atoms with van der Waals surface area (Å²) in [6.45, 7) is 0.00998. The van der Waals surface area contributed by atoms with Crippen LogP contribution in [0.25, 0.3) is 22.5 Å². The van der Waals surface area contributed by atoms with E-state index in [0.717, 1.165) is 16.7 Å². The number of ether oxygens (including phenoxy) is 3. The zero-order chi connectivity index (χ0) is 21.6. The van der Waals surface area contributed by atoms with E-state index in [-0.39, 0.29) is 6.61 Å². The molecule has 156 valence electrons. The lowest BCUT2D eigenvalue weighted by Gasteiger charge is -2.07. The second kappa shape index (κ2) is 9.17. The van der Waals surface area contributed by atoms with Crippen LogP contribution >= 0.6 is 0 Å². The minimum Gasteiger partial charge on any atom is -0.493 e. The summed E-state index contributed by atoms with van der Waals surface area (Å²) in [5.74, 6) is 1.33. The summed E-state index contributed by atoms with van der Waals surface area (Å²) in [5.41, 5.74) is 3.89. The maximum atomic E-state index is 12.4. The molecule has 0 amide bonds. The number of rotatable bonds is 7. The minimum atomic E-state index is -0.421. The standard InChI is InChI=1S/C25H21NO5/c1-28-22-13-12-20(14-24(22)29-2)23-15-21(26-31-23)16-30-25(27)19-10-8-18(9-11-19)17-6-4-3-5-7-17/h3-15H,16H2,1-2H3. The highest BCUT2D eigenvalue weighted by Crippen LogP contribution is 2.32. The Hall–Kier alpha value is -4.06. The fourth-order valence-electron chi connectivity index (χ4n) is 3.16. The molecule has 0 unspecified atom stereocenters. The molecule has 1 aromatic heterocycles. The summed E-state index contributed by atoms with van der Waals surface area (Å²) in [6, 6.07) is 24.4. The third kappa shape index (κ3) is 4.59. The summed E-state index contributed by atoms with van der Waals surface area (Å²) in [6.07, 6.45) is 0. The van der Waals surface area contributed by atoms with E-state index in [0.29, 0.717) is 28.5 Å². The van der Waals surface area contributed by atoms with Crippen LogP contribution in [0.5, 0.6) is 11.5 Å². The van der Waals surface area contributed by atoms with Crippen LogP contribution in [0.4, 0.5) is 0 Å². The first-order chi connectivity index (χ1) is 15.2. The molecule has 0 N–H and O–H groups in total. The van der Waals surface area contributed by atoms with Gasteiger partial charge in [0.05, 0.1) is 19.8 Å². The van der Waals surface area contributed by atoms with Crippen LogP contribution in [-0.2, 0) is 11.3 Å². The van der Waals surface area contributed by atoms with E-state index in [1.807, 2.05) is 48.5 Å². The number of nitrogens with zero attached hydrogens (tertiary/aromatic N) is 1. The first-order valence-electron chi connectivity index (χ1n) is 9.68. The number of esters is 1. The SMILES string of the molecule is COc1ccc(-c2cc(COC(=O)c3ccc(-c4ccccc4)cc3)no2)cc1OC. The van der Waals surface area contributed by atoms with Gasteiger partial charge >= 0.3 is 5.97 Å². The fourth-order valence-corrected chi connectivity index (χ4v) is 3.16. The van der Waals surface area contributed by atoms with Crippen molar-refractivity contribution in [3.8, 4) is 33.9 Å². The first-order valence-corrected chi connectivity index (χ1v) is 9.68. The summed E-state index contributed by atoms with van der Waals surface area (Å²) in [4.78, 5) is 12.4. The van der Waals surface area contributed by atoms with Crippen LogP contribution in [-0.4, -0.2) is 25.3 Å². The van der Waals surface area contributed by atoms with E-state index in [2.05, 4.69) is 5.16 Å². The Balaban J connectivity index is 1.40. The van der Waals surface area contributed by atoms with Gasteiger partial charge in [-0.25, -0.2) is 4.79 Å². The normalized spacial score (nSPS) is 10.5. The zero-order valence-corrected chi connectivity index (χ0v) is 17.2. The van der Waals surface area contributed by atoms with Gasteiger partial charge in [0.15, 0.2) is 17.3 Å². The Morgan fingerprint density at radius 3 is 2.19 bits per heavy atom. The number of hydrogen-bond acceptors (Lipinski definition) is 6. The molecular formula is C25H21NO5. The minimum absolute atomic E-state index is 0.00998. The van der Waals surface area contributed by atoms with Gasteiger partial charge in [0, 0.05) is 11.6 Å². The van der Waals surface area contributed by atoms with E-state index >= 15 is 0 Å². The van der Waals surface area contributed by atoms with Gasteiger partial charge in [0.2, 0.25) is 0 Å². The molecule has 0 radical (unpaired) electrons. The van der Waals surface area contributed by atoms with Crippen molar-refractivity contribution in [3.05, 3.63) is 90.1 Å². The zero-order valence-electron chi connectivity index (χ0n) is 17.2. The van der Waals surface area contributed by atoms with Gasteiger partial charge in [0.1, 0.15) is 12.3 Å². The van der Waals surface area contributed by atoms with Gasteiger partial charge in [-0.2, -0.15) is 0 Å². The topological polar surface area (TPSA) is 70.8 Å². The third-order valence-electron chi connectivity index (χ3n) is 4.81. The number of methoxy groups -OCH3 is 2. The molecule has 0 fully saturated rings. The number of hydrogen-bond donors (Lipinski definition) is 0. The Kier molecular flexibility index (Phi) is 5.98. The van der Waals surface area contributed by atoms with E-state index in [4.69, 9.17) is 18.7 Å². The van der Waals surface area contributed by atoms with Gasteiger partial charge in [-0.3, -0.25) is 0 Å². The van der Waals surface area contributed by atoms with Gasteiger partial charge in [-0.15, -0.1) is 0 Å². The molecule has 0 saturated carbocycles. The summed E-state index contributed by atoms with van der Waals surface area (Å²) < 4.78 is 21.3. The third-order valence-corrected chi connectivity index (χ3v) is 4.81. The first kappa shape index (κ1) is 20.2. The average Bonchev–Trinajstić information content (AvgIpc) is 3.32. The smallest absolute Gasteiger partial charge is 0.338 e. The molecule has 4 aromatic rings. The van der Waals surface area contributed by atoms with Crippen molar-refractivity contribution in [1.29, 1.82) is 0 Å². The highest BCUT2D eigenvalue weighted by atomic mass is 16.5. The van der Waals surface area contributed by atoms with Crippen LogP contribution in [0.1, 0.15) is 16.1 Å². The molecular weight excluding hydrogens is 394 g/mol. The van der Waals surface area contributed by atoms with Crippen molar-refractivity contribution < 1.29 is 23.5 Å². The fraction of sp³-hybridized carbons (Fsp3) is 0.120. The predicted octanol–water partition coefficient (Wildman–Crippen LogP) is 5.38. The molecule has 6 nitrogen and oxygen atoms in total. The lowest BCUT2D eigenvalue weighted by molar-refractivity contribution is 0.0464. The van der Waals surface area contributed by atoms with Gasteiger partial charge in [-0.05, 0) is 41.5 Å². The Bertz CT molecular complexity index is 1170. The van der Waals surface area contributed by atoms with Crippen molar-refractivity contribution in [2.75, 3.05) is 14.2 Å². The summed E-state index contributed by atoms with van der Waals surface area (Å²) in [5, 5.41) is 3.99. The van der Waals surface area contributed by atoms with Crippen LogP contribution in [0.3, 0.4) is 0 Å². The quantitative estimate of drug-likeness (QED) is 0.377. The Morgan fingerprint density at radius 2 is 1.48 bits per heavy atom. The molecule has 0 aliphatic heterocycles. The van der Waals surface area contributed by atoms with E-state index in [1.54, 1.807) is 44.6 Å². The molecule has 1 heterocycles. The molecule has 0 aliphatic rings. The van der Waals surface area contributed by atoms with Gasteiger partial charge in [-0.1, -0.05) is 47.6 Å². The Labute approximate surface area is 180 Å². The largest absolute Gasteiger partial charge is 0.493 e. The summed E-state index contributed by atoms with van der Waals surface area (Å²) in [7, 11) is 3.15. The van der Waals surface area contributed by atoms with Crippen LogP contribution in [0.2, 0.25) is 0 Å². The molecule has 0 bridgehead atoms. The van der Waals surface area contributed by atoms with Crippen molar-refractivity contribution in [2.45, 2.75) is 6.61 Å². The molecule has 0 atom stereocenters. The van der Waals surface area contributed by atoms with E-state index in [9.17, 15) is 4.79 Å². The second-order valence-electron chi connectivity index (χ2n) is 6.77. The van der Waals surface area contributed by atoms with Crippen molar-refractivity contribution >= 4 is 5.97 Å². The van der Waals surface area contributed by atoms with E-state index < -0.39 is 5.97 Å². The van der Waals surface area contributed by atoms with Crippen molar-refractivity contribution in [3.63, 3.8) is 0 Å². The molecule has 31 heavy (non-hydrogen) atoms. The van der Waals surface area contributed by atoms with Gasteiger partial charge < -0.3 is 18.7 Å². The lowest BCUT2D eigenvalue weighted by Crippen LogP contribution is -2.05. The van der Waals surface area contributed by atoms with Crippen molar-refractivity contribution in [2.24, 2.45) is 0 Å². The predicted molar refractivity (Wildman–Crippen MR) is 116 cm³/mol. The van der Waals surface area contributed by atoms with Crippen molar-refractivity contribution in [1.82, 2.24) is 5.16 Å². The maximum absolute atomic E-state index is 12.4. The van der Waals surface area contributed by atoms with Gasteiger partial charge in [0.25, 0.3) is 0 Å². The number of aromatic nitrogens is 1. The average molecular weight is 415 g/mol. The molecule has 6 heteroatoms. The monoisotopic (exact) mass is 415 g/mol. The highest BCUT2D eigenvalue weighted by molar-refractivity contribution is 5.90. The lowest BCUT2D eigenvalue weighted by atomic mass is 10.0. The molecule has 0 aliphatic carbocycles. The molecule has 4 rings (SSSR count). The van der Waals surface area contributed by atoms with Crippen LogP contribution in [0.15, 0.2) is 83.4 Å². The number of carbonyl (C=O) groups is 1. The molecule has 0 saturated heterocycles. The second-order valence-corrected chi connectivity index (χ2v) is 6.77. The number of benzene rings is 3. The highest BCUT2D eigenvalue weighted by Gasteiger charge is 2.13.